The van der Waals surface area contributed by atoms with E-state index in [9.17, 15) is 14.0 Å². The van der Waals surface area contributed by atoms with Crippen LogP contribution in [0.25, 0.3) is 0 Å². The van der Waals surface area contributed by atoms with E-state index in [1.807, 2.05) is 30.3 Å². The van der Waals surface area contributed by atoms with E-state index in [1.165, 1.54) is 0 Å². The van der Waals surface area contributed by atoms with Crippen LogP contribution in [-0.2, 0) is 20.9 Å². The first-order chi connectivity index (χ1) is 8.59. The molecule has 0 aliphatic carbocycles. The zero-order chi connectivity index (χ0) is 13.4. The molecule has 4 nitrogen and oxygen atoms in total. The highest BCUT2D eigenvalue weighted by Gasteiger charge is 2.15. The van der Waals surface area contributed by atoms with Crippen LogP contribution >= 0.6 is 0 Å². The molecule has 0 aliphatic heterocycles. The van der Waals surface area contributed by atoms with Crippen molar-refractivity contribution in [3.8, 4) is 0 Å². The first kappa shape index (κ1) is 14.2. The molecule has 1 rings (SSSR count). The molecule has 0 saturated carbocycles. The molecular formula is C13H15FO4. The number of carbonyl (C=O) groups excluding carboxylic acids is 1. The van der Waals surface area contributed by atoms with Gasteiger partial charge in [-0.1, -0.05) is 30.3 Å². The fourth-order valence-corrected chi connectivity index (χ4v) is 1.36. The van der Waals surface area contributed by atoms with Gasteiger partial charge in [0.15, 0.2) is 6.17 Å². The van der Waals surface area contributed by atoms with E-state index in [-0.39, 0.29) is 25.9 Å². The largest absolute Gasteiger partial charge is 0.479 e. The summed E-state index contributed by atoms with van der Waals surface area (Å²) in [7, 11) is 0. The normalized spacial score (nSPS) is 11.8. The van der Waals surface area contributed by atoms with Crippen molar-refractivity contribution in [1.82, 2.24) is 0 Å². The lowest BCUT2D eigenvalue weighted by Crippen LogP contribution is -2.15. The Morgan fingerprint density at radius 2 is 1.94 bits per heavy atom. The summed E-state index contributed by atoms with van der Waals surface area (Å²) < 4.78 is 17.6. The van der Waals surface area contributed by atoms with E-state index < -0.39 is 18.1 Å². The van der Waals surface area contributed by atoms with Gasteiger partial charge in [-0.2, -0.15) is 0 Å². The third-order valence-corrected chi connectivity index (χ3v) is 2.35. The van der Waals surface area contributed by atoms with Crippen LogP contribution in [0.5, 0.6) is 0 Å². The van der Waals surface area contributed by atoms with Gasteiger partial charge in [0.05, 0.1) is 0 Å². The van der Waals surface area contributed by atoms with E-state index in [1.54, 1.807) is 0 Å². The molecule has 0 aliphatic rings. The highest BCUT2D eigenvalue weighted by atomic mass is 19.1. The van der Waals surface area contributed by atoms with Crippen molar-refractivity contribution in [3.63, 3.8) is 0 Å². The molecule has 1 aromatic carbocycles. The van der Waals surface area contributed by atoms with Gasteiger partial charge in [0.1, 0.15) is 6.61 Å². The molecule has 1 atom stereocenters. The lowest BCUT2D eigenvalue weighted by molar-refractivity contribution is -0.146. The summed E-state index contributed by atoms with van der Waals surface area (Å²) in [6, 6.07) is 9.19. The van der Waals surface area contributed by atoms with Crippen molar-refractivity contribution in [1.29, 1.82) is 0 Å². The molecule has 0 spiro atoms. The molecule has 0 bridgehead atoms. The Labute approximate surface area is 104 Å². The van der Waals surface area contributed by atoms with E-state index in [0.717, 1.165) is 5.56 Å². The minimum absolute atomic E-state index is 0.0283. The number of alkyl halides is 1. The summed E-state index contributed by atoms with van der Waals surface area (Å²) in [6.45, 7) is 0.178. The minimum Gasteiger partial charge on any atom is -0.479 e. The van der Waals surface area contributed by atoms with Crippen LogP contribution in [0.3, 0.4) is 0 Å². The molecule has 0 radical (unpaired) electrons. The van der Waals surface area contributed by atoms with Crippen molar-refractivity contribution < 1.29 is 23.8 Å². The van der Waals surface area contributed by atoms with Gasteiger partial charge < -0.3 is 9.84 Å². The Bertz CT molecular complexity index is 391. The number of benzene rings is 1. The number of esters is 1. The average molecular weight is 254 g/mol. The Balaban J connectivity index is 2.17. The molecule has 0 saturated heterocycles. The van der Waals surface area contributed by atoms with Gasteiger partial charge in [-0.25, -0.2) is 9.18 Å². The number of hydrogen-bond acceptors (Lipinski definition) is 3. The fourth-order valence-electron chi connectivity index (χ4n) is 1.36. The van der Waals surface area contributed by atoms with E-state index in [4.69, 9.17) is 9.84 Å². The number of carboxylic acids is 1. The topological polar surface area (TPSA) is 63.6 Å². The number of hydrogen-bond donors (Lipinski definition) is 1. The molecule has 5 heteroatoms. The second-order valence-corrected chi connectivity index (χ2v) is 3.84. The van der Waals surface area contributed by atoms with Crippen molar-refractivity contribution >= 4 is 11.9 Å². The van der Waals surface area contributed by atoms with Crippen LogP contribution in [0.15, 0.2) is 30.3 Å². The third-order valence-electron chi connectivity index (χ3n) is 2.35. The standard InChI is InChI=1S/C13H15FO4/c14-11(13(16)17)7-4-8-12(15)18-9-10-5-2-1-3-6-10/h1-3,5-6,11H,4,7-9H2,(H,16,17)/t11-/m0/s1. The predicted molar refractivity (Wildman–Crippen MR) is 62.6 cm³/mol. The smallest absolute Gasteiger partial charge is 0.338 e. The summed E-state index contributed by atoms with van der Waals surface area (Å²) in [4.78, 5) is 21.5. The van der Waals surface area contributed by atoms with Crippen molar-refractivity contribution in [3.05, 3.63) is 35.9 Å². The molecule has 0 fully saturated rings. The Morgan fingerprint density at radius 3 is 2.56 bits per heavy atom. The van der Waals surface area contributed by atoms with Crippen LogP contribution in [0.4, 0.5) is 4.39 Å². The van der Waals surface area contributed by atoms with Crippen molar-refractivity contribution in [2.45, 2.75) is 32.0 Å². The van der Waals surface area contributed by atoms with Crippen LogP contribution in [0.2, 0.25) is 0 Å². The van der Waals surface area contributed by atoms with Gasteiger partial charge in [-0.15, -0.1) is 0 Å². The van der Waals surface area contributed by atoms with E-state index >= 15 is 0 Å². The predicted octanol–water partition coefficient (Wildman–Crippen LogP) is 2.32. The van der Waals surface area contributed by atoms with Gasteiger partial charge in [-0.3, -0.25) is 4.79 Å². The molecule has 1 N–H and O–H groups in total. The quantitative estimate of drug-likeness (QED) is 0.758. The number of aliphatic carboxylic acids is 1. The maximum absolute atomic E-state index is 12.7. The fraction of sp³-hybridized carbons (Fsp3) is 0.385. The second-order valence-electron chi connectivity index (χ2n) is 3.84. The molecular weight excluding hydrogens is 239 g/mol. The number of ether oxygens (including phenoxy) is 1. The molecule has 18 heavy (non-hydrogen) atoms. The highest BCUT2D eigenvalue weighted by Crippen LogP contribution is 2.07. The Morgan fingerprint density at radius 1 is 1.28 bits per heavy atom. The summed E-state index contributed by atoms with van der Waals surface area (Å²) in [5, 5.41) is 8.31. The zero-order valence-electron chi connectivity index (χ0n) is 9.84. The SMILES string of the molecule is O=C(CCC[C@H](F)C(=O)O)OCc1ccccc1. The van der Waals surface area contributed by atoms with E-state index in [2.05, 4.69) is 0 Å². The highest BCUT2D eigenvalue weighted by molar-refractivity contribution is 5.72. The molecule has 0 unspecified atom stereocenters. The molecule has 0 heterocycles. The summed E-state index contributed by atoms with van der Waals surface area (Å²) in [5.41, 5.74) is 0.875. The first-order valence-corrected chi connectivity index (χ1v) is 5.66. The monoisotopic (exact) mass is 254 g/mol. The van der Waals surface area contributed by atoms with Gasteiger partial charge in [0.2, 0.25) is 0 Å². The summed E-state index contributed by atoms with van der Waals surface area (Å²) in [6.07, 6.45) is -1.89. The maximum Gasteiger partial charge on any atom is 0.338 e. The number of rotatable bonds is 7. The summed E-state index contributed by atoms with van der Waals surface area (Å²) >= 11 is 0. The lowest BCUT2D eigenvalue weighted by atomic mass is 10.2. The lowest BCUT2D eigenvalue weighted by Gasteiger charge is -2.05. The zero-order valence-corrected chi connectivity index (χ0v) is 9.84. The molecule has 1 aromatic rings. The Kier molecular flexibility index (Phi) is 5.84. The third kappa shape index (κ3) is 5.43. The number of halogens is 1. The van der Waals surface area contributed by atoms with Crippen molar-refractivity contribution in [2.75, 3.05) is 0 Å². The molecule has 0 aromatic heterocycles. The van der Waals surface area contributed by atoms with Crippen molar-refractivity contribution in [2.24, 2.45) is 0 Å². The summed E-state index contributed by atoms with van der Waals surface area (Å²) in [5.74, 6) is -1.94. The second kappa shape index (κ2) is 7.42. The van der Waals surface area contributed by atoms with Gasteiger partial charge in [0, 0.05) is 6.42 Å². The van der Waals surface area contributed by atoms with Crippen LogP contribution in [0.1, 0.15) is 24.8 Å². The van der Waals surface area contributed by atoms with Gasteiger partial charge in [0.25, 0.3) is 0 Å². The maximum atomic E-state index is 12.7. The van der Waals surface area contributed by atoms with Gasteiger partial charge in [-0.05, 0) is 18.4 Å². The first-order valence-electron chi connectivity index (χ1n) is 5.66. The molecule has 0 amide bonds. The average Bonchev–Trinajstić information content (AvgIpc) is 2.37. The van der Waals surface area contributed by atoms with Crippen LogP contribution in [-0.4, -0.2) is 23.2 Å². The minimum atomic E-state index is -1.91. The van der Waals surface area contributed by atoms with Crippen LogP contribution in [0, 0.1) is 0 Å². The molecule has 98 valence electrons. The number of carbonyl (C=O) groups is 2. The number of carboxylic acid groups (broad SMARTS) is 1. The van der Waals surface area contributed by atoms with Crippen LogP contribution < -0.4 is 0 Å². The van der Waals surface area contributed by atoms with E-state index in [0.29, 0.717) is 0 Å². The van der Waals surface area contributed by atoms with Gasteiger partial charge >= 0.3 is 11.9 Å². The Hall–Kier alpha value is -1.91.